The minimum absolute atomic E-state index is 0.0429. The Hall–Kier alpha value is -0.890. The van der Waals surface area contributed by atoms with Crippen molar-refractivity contribution in [2.24, 2.45) is 45.8 Å². The van der Waals surface area contributed by atoms with Gasteiger partial charge in [-0.1, -0.05) is 44.1 Å². The number of Topliss-reactive ketones (excluding diaryl/α,β-unsaturated/α-hetero) is 1. The van der Waals surface area contributed by atoms with E-state index in [-0.39, 0.29) is 22.3 Å². The standard InChI is InChI=1S/C29H44O2/c1-18(2)7-6-8-19(3)21-10-11-22-20-9-12-24-27(4,14-13-25(31)29(24)15-16-29)26(20)23(30)17-28(21,22)5/h7,12,19-23,26,30H,6,8-11,13-17H2,1-5H3/t19-,20+,21-,22+,23-,26-,27+,28-/m1/s1. The number of ketones is 1. The minimum Gasteiger partial charge on any atom is -0.393 e. The Balaban J connectivity index is 1.42. The van der Waals surface area contributed by atoms with Gasteiger partial charge in [-0.05, 0) is 112 Å². The molecule has 0 unspecified atom stereocenters. The second-order valence-corrected chi connectivity index (χ2v) is 12.9. The first-order valence-corrected chi connectivity index (χ1v) is 13.2. The van der Waals surface area contributed by atoms with Gasteiger partial charge in [0.15, 0.2) is 0 Å². The van der Waals surface area contributed by atoms with Crippen LogP contribution in [0.15, 0.2) is 23.3 Å². The first kappa shape index (κ1) is 21.9. The van der Waals surface area contributed by atoms with Gasteiger partial charge >= 0.3 is 0 Å². The number of carbonyl (C=O) groups excluding carboxylic acids is 1. The number of hydrogen-bond donors (Lipinski definition) is 1. The fourth-order valence-corrected chi connectivity index (χ4v) is 9.54. The second-order valence-electron chi connectivity index (χ2n) is 12.9. The van der Waals surface area contributed by atoms with E-state index in [4.69, 9.17) is 0 Å². The van der Waals surface area contributed by atoms with Crippen LogP contribution in [0.5, 0.6) is 0 Å². The molecule has 0 aromatic rings. The smallest absolute Gasteiger partial charge is 0.143 e. The lowest BCUT2D eigenvalue weighted by molar-refractivity contribution is -0.141. The molecule has 0 saturated heterocycles. The molecule has 1 spiro atoms. The largest absolute Gasteiger partial charge is 0.393 e. The third kappa shape index (κ3) is 3.10. The fourth-order valence-electron chi connectivity index (χ4n) is 9.54. The van der Waals surface area contributed by atoms with Crippen LogP contribution in [-0.4, -0.2) is 17.0 Å². The SMILES string of the molecule is CC(C)=CCC[C@@H](C)[C@H]1CC[C@H]2[C@@H]3CC=C4C5(CC5)C(=O)CC[C@]4(C)[C@H]3[C@H](O)C[C@]12C. The molecule has 0 aromatic carbocycles. The van der Waals surface area contributed by atoms with Crippen molar-refractivity contribution in [3.05, 3.63) is 23.3 Å². The Morgan fingerprint density at radius 2 is 1.97 bits per heavy atom. The number of allylic oxidation sites excluding steroid dienone is 4. The Bertz CT molecular complexity index is 813. The predicted octanol–water partition coefficient (Wildman–Crippen LogP) is 6.88. The molecule has 2 nitrogen and oxygen atoms in total. The van der Waals surface area contributed by atoms with Gasteiger partial charge in [0.2, 0.25) is 0 Å². The molecule has 0 bridgehead atoms. The summed E-state index contributed by atoms with van der Waals surface area (Å²) >= 11 is 0. The summed E-state index contributed by atoms with van der Waals surface area (Å²) in [6, 6.07) is 0. The van der Waals surface area contributed by atoms with Crippen molar-refractivity contribution in [3.8, 4) is 0 Å². The molecule has 5 rings (SSSR count). The van der Waals surface area contributed by atoms with E-state index >= 15 is 0 Å². The number of rotatable bonds is 4. The second kappa shape index (κ2) is 7.31. The summed E-state index contributed by atoms with van der Waals surface area (Å²) in [4.78, 5) is 12.8. The first-order chi connectivity index (χ1) is 14.6. The van der Waals surface area contributed by atoms with Gasteiger partial charge in [0.25, 0.3) is 0 Å². The average molecular weight is 425 g/mol. The molecule has 0 aliphatic heterocycles. The van der Waals surface area contributed by atoms with Gasteiger partial charge < -0.3 is 5.11 Å². The normalized spacial score (nSPS) is 45.9. The molecular weight excluding hydrogens is 380 g/mol. The molecule has 31 heavy (non-hydrogen) atoms. The summed E-state index contributed by atoms with van der Waals surface area (Å²) < 4.78 is 0. The highest BCUT2D eigenvalue weighted by molar-refractivity contribution is 5.92. The van der Waals surface area contributed by atoms with E-state index in [0.717, 1.165) is 56.3 Å². The predicted molar refractivity (Wildman–Crippen MR) is 126 cm³/mol. The van der Waals surface area contributed by atoms with Crippen molar-refractivity contribution in [3.63, 3.8) is 0 Å². The van der Waals surface area contributed by atoms with Crippen LogP contribution in [0.3, 0.4) is 0 Å². The number of aliphatic hydroxyl groups is 1. The van der Waals surface area contributed by atoms with Crippen LogP contribution < -0.4 is 0 Å². The van der Waals surface area contributed by atoms with Crippen molar-refractivity contribution >= 4 is 5.78 Å². The summed E-state index contributed by atoms with van der Waals surface area (Å²) in [5, 5.41) is 11.7. The first-order valence-electron chi connectivity index (χ1n) is 13.2. The molecule has 0 aromatic heterocycles. The third-order valence-electron chi connectivity index (χ3n) is 11.0. The maximum absolute atomic E-state index is 12.8. The Labute approximate surface area is 190 Å². The lowest BCUT2D eigenvalue weighted by atomic mass is 9.44. The lowest BCUT2D eigenvalue weighted by Gasteiger charge is -2.60. The van der Waals surface area contributed by atoms with Crippen LogP contribution in [0.25, 0.3) is 0 Å². The summed E-state index contributed by atoms with van der Waals surface area (Å²) in [5.74, 6) is 3.65. The van der Waals surface area contributed by atoms with Crippen molar-refractivity contribution < 1.29 is 9.90 Å². The molecule has 0 amide bonds. The quantitative estimate of drug-likeness (QED) is 0.500. The van der Waals surface area contributed by atoms with Crippen LogP contribution in [0.2, 0.25) is 0 Å². The highest BCUT2D eigenvalue weighted by Gasteiger charge is 2.67. The Morgan fingerprint density at radius 1 is 1.23 bits per heavy atom. The third-order valence-corrected chi connectivity index (χ3v) is 11.0. The van der Waals surface area contributed by atoms with E-state index in [2.05, 4.69) is 46.8 Å². The molecule has 8 atom stereocenters. The number of hydrogen-bond acceptors (Lipinski definition) is 2. The zero-order chi connectivity index (χ0) is 22.2. The highest BCUT2D eigenvalue weighted by Crippen LogP contribution is 2.72. The zero-order valence-corrected chi connectivity index (χ0v) is 20.5. The van der Waals surface area contributed by atoms with Crippen LogP contribution in [0.4, 0.5) is 0 Å². The van der Waals surface area contributed by atoms with E-state index in [0.29, 0.717) is 17.6 Å². The molecule has 4 fully saturated rings. The van der Waals surface area contributed by atoms with Crippen LogP contribution in [0, 0.1) is 45.8 Å². The molecule has 5 aliphatic rings. The Morgan fingerprint density at radius 3 is 2.65 bits per heavy atom. The molecule has 172 valence electrons. The van der Waals surface area contributed by atoms with Crippen molar-refractivity contribution in [1.82, 2.24) is 0 Å². The van der Waals surface area contributed by atoms with Crippen molar-refractivity contribution in [1.29, 1.82) is 0 Å². The molecule has 0 heterocycles. The molecular formula is C29H44O2. The van der Waals surface area contributed by atoms with Crippen LogP contribution in [0.1, 0.15) is 98.8 Å². The average Bonchev–Trinajstić information content (AvgIpc) is 3.40. The lowest BCUT2D eigenvalue weighted by Crippen LogP contribution is -2.57. The highest BCUT2D eigenvalue weighted by atomic mass is 16.3. The number of carbonyl (C=O) groups is 1. The minimum atomic E-state index is -0.213. The fraction of sp³-hybridized carbons (Fsp3) is 0.828. The number of fused-ring (bicyclic) bond motifs is 6. The van der Waals surface area contributed by atoms with Gasteiger partial charge in [-0.2, -0.15) is 0 Å². The van der Waals surface area contributed by atoms with Crippen molar-refractivity contribution in [2.45, 2.75) is 105 Å². The molecule has 0 radical (unpaired) electrons. The van der Waals surface area contributed by atoms with Crippen molar-refractivity contribution in [2.75, 3.05) is 0 Å². The van der Waals surface area contributed by atoms with Gasteiger partial charge in [-0.15, -0.1) is 0 Å². The maximum Gasteiger partial charge on any atom is 0.143 e. The molecule has 1 N–H and O–H groups in total. The molecule has 2 heteroatoms. The number of aliphatic hydroxyl groups excluding tert-OH is 1. The summed E-state index contributed by atoms with van der Waals surface area (Å²) in [6.07, 6.45) is 15.7. The monoisotopic (exact) mass is 424 g/mol. The molecule has 4 saturated carbocycles. The van der Waals surface area contributed by atoms with E-state index in [1.54, 1.807) is 0 Å². The van der Waals surface area contributed by atoms with Gasteiger partial charge in [0.05, 0.1) is 11.5 Å². The van der Waals surface area contributed by atoms with Crippen LogP contribution >= 0.6 is 0 Å². The topological polar surface area (TPSA) is 37.3 Å². The van der Waals surface area contributed by atoms with E-state index in [1.807, 2.05) is 0 Å². The van der Waals surface area contributed by atoms with Crippen LogP contribution in [-0.2, 0) is 4.79 Å². The van der Waals surface area contributed by atoms with E-state index < -0.39 is 0 Å². The van der Waals surface area contributed by atoms with Gasteiger partial charge in [0.1, 0.15) is 5.78 Å². The maximum atomic E-state index is 12.8. The zero-order valence-electron chi connectivity index (χ0n) is 20.5. The summed E-state index contributed by atoms with van der Waals surface area (Å²) in [7, 11) is 0. The van der Waals surface area contributed by atoms with Gasteiger partial charge in [0, 0.05) is 6.42 Å². The summed E-state index contributed by atoms with van der Waals surface area (Å²) in [6.45, 7) is 11.8. The Kier molecular flexibility index (Phi) is 5.17. The van der Waals surface area contributed by atoms with E-state index in [1.165, 1.54) is 36.8 Å². The van der Waals surface area contributed by atoms with Gasteiger partial charge in [-0.25, -0.2) is 0 Å². The van der Waals surface area contributed by atoms with E-state index in [9.17, 15) is 9.90 Å². The van der Waals surface area contributed by atoms with Gasteiger partial charge in [-0.3, -0.25) is 4.79 Å². The summed E-state index contributed by atoms with van der Waals surface area (Å²) in [5.41, 5.74) is 3.08. The molecule has 5 aliphatic carbocycles.